The van der Waals surface area contributed by atoms with Crippen LogP contribution in [0.5, 0.6) is 5.75 Å². The maximum absolute atomic E-state index is 9.68. The van der Waals surface area contributed by atoms with E-state index in [2.05, 4.69) is 27.2 Å². The molecule has 3 heteroatoms. The summed E-state index contributed by atoms with van der Waals surface area (Å²) in [6.45, 7) is 3.07. The normalized spacial score (nSPS) is 9.79. The molecule has 0 fully saturated rings. The van der Waals surface area contributed by atoms with Crippen LogP contribution in [0.2, 0.25) is 0 Å². The Morgan fingerprint density at radius 3 is 2.93 bits per heavy atom. The van der Waals surface area contributed by atoms with E-state index in [0.717, 1.165) is 15.6 Å². The second-order valence-electron chi connectivity index (χ2n) is 3.06. The highest BCUT2D eigenvalue weighted by Crippen LogP contribution is 2.29. The molecule has 0 radical (unpaired) electrons. The Hall–Kier alpha value is -0.980. The summed E-state index contributed by atoms with van der Waals surface area (Å²) in [6.07, 6.45) is 5.11. The van der Waals surface area contributed by atoms with Crippen molar-refractivity contribution < 1.29 is 5.11 Å². The molecule has 2 N–H and O–H groups in total. The van der Waals surface area contributed by atoms with Crippen LogP contribution in [0.15, 0.2) is 16.6 Å². The van der Waals surface area contributed by atoms with Gasteiger partial charge in [0.05, 0.1) is 11.0 Å². The van der Waals surface area contributed by atoms with Crippen LogP contribution < -0.4 is 5.32 Å². The molecule has 0 saturated heterocycles. The molecule has 1 aromatic rings. The van der Waals surface area contributed by atoms with Crippen molar-refractivity contribution >= 4 is 15.9 Å². The van der Waals surface area contributed by atoms with Gasteiger partial charge in [0.15, 0.2) is 0 Å². The van der Waals surface area contributed by atoms with Crippen molar-refractivity contribution in [3.63, 3.8) is 0 Å². The van der Waals surface area contributed by atoms with E-state index in [9.17, 15) is 5.11 Å². The molecule has 2 nitrogen and oxygen atoms in total. The van der Waals surface area contributed by atoms with Crippen LogP contribution in [0.25, 0.3) is 0 Å². The van der Waals surface area contributed by atoms with Gasteiger partial charge in [0, 0.05) is 12.1 Å². The van der Waals surface area contributed by atoms with E-state index < -0.39 is 0 Å². The molecule has 0 aliphatic carbocycles. The first-order valence-corrected chi connectivity index (χ1v) is 5.06. The Bertz CT molecular complexity index is 368. The molecular weight excluding hydrogens is 242 g/mol. The smallest absolute Gasteiger partial charge is 0.134 e. The quantitative estimate of drug-likeness (QED) is 0.640. The van der Waals surface area contributed by atoms with Crippen LogP contribution in [-0.2, 0) is 6.54 Å². The van der Waals surface area contributed by atoms with Gasteiger partial charge in [0.1, 0.15) is 5.75 Å². The minimum Gasteiger partial charge on any atom is -0.506 e. The fourth-order valence-electron chi connectivity index (χ4n) is 1.21. The molecule has 1 aromatic carbocycles. The molecule has 1 rings (SSSR count). The monoisotopic (exact) mass is 253 g/mol. The van der Waals surface area contributed by atoms with Crippen molar-refractivity contribution in [1.82, 2.24) is 5.32 Å². The van der Waals surface area contributed by atoms with Gasteiger partial charge in [-0.1, -0.05) is 12.0 Å². The van der Waals surface area contributed by atoms with Gasteiger partial charge in [-0.05, 0) is 34.5 Å². The molecular formula is C11H12BrNO. The summed E-state index contributed by atoms with van der Waals surface area (Å²) in [5, 5.41) is 12.7. The lowest BCUT2D eigenvalue weighted by atomic mass is 10.1. The second kappa shape index (κ2) is 5.04. The van der Waals surface area contributed by atoms with E-state index in [1.54, 1.807) is 0 Å². The average Bonchev–Trinajstić information content (AvgIpc) is 2.13. The highest BCUT2D eigenvalue weighted by atomic mass is 79.9. The highest BCUT2D eigenvalue weighted by molar-refractivity contribution is 9.10. The van der Waals surface area contributed by atoms with Gasteiger partial charge in [-0.2, -0.15) is 0 Å². The number of phenols is 1. The predicted octanol–water partition coefficient (Wildman–Crippen LogP) is 2.19. The molecule has 0 aromatic heterocycles. The van der Waals surface area contributed by atoms with Crippen molar-refractivity contribution in [1.29, 1.82) is 0 Å². The van der Waals surface area contributed by atoms with E-state index in [-0.39, 0.29) is 5.75 Å². The van der Waals surface area contributed by atoms with Gasteiger partial charge in [0.25, 0.3) is 0 Å². The molecule has 74 valence electrons. The van der Waals surface area contributed by atoms with Crippen molar-refractivity contribution in [2.24, 2.45) is 0 Å². The molecule has 0 heterocycles. The molecule has 14 heavy (non-hydrogen) atoms. The Labute approximate surface area is 92.5 Å². The summed E-state index contributed by atoms with van der Waals surface area (Å²) < 4.78 is 0.718. The fourth-order valence-corrected chi connectivity index (χ4v) is 1.83. The van der Waals surface area contributed by atoms with E-state index in [4.69, 9.17) is 6.42 Å². The predicted molar refractivity (Wildman–Crippen MR) is 61.1 cm³/mol. The third kappa shape index (κ3) is 2.76. The number of terminal acetylenes is 1. The zero-order valence-corrected chi connectivity index (χ0v) is 9.56. The lowest BCUT2D eigenvalue weighted by Crippen LogP contribution is -2.13. The lowest BCUT2D eigenvalue weighted by Gasteiger charge is -2.07. The minimum absolute atomic E-state index is 0.278. The van der Waals surface area contributed by atoms with Gasteiger partial charge in [0.2, 0.25) is 0 Å². The number of phenolic OH excluding ortho intramolecular Hbond substituents is 1. The third-order valence-corrected chi connectivity index (χ3v) is 2.43. The van der Waals surface area contributed by atoms with Crippen molar-refractivity contribution in [2.75, 3.05) is 6.54 Å². The number of hydrogen-bond donors (Lipinski definition) is 2. The molecule has 0 unspecified atom stereocenters. The zero-order valence-electron chi connectivity index (χ0n) is 7.97. The first-order chi connectivity index (χ1) is 6.65. The number of halogens is 1. The average molecular weight is 254 g/mol. The first-order valence-electron chi connectivity index (χ1n) is 4.27. The van der Waals surface area contributed by atoms with Crippen LogP contribution in [0.4, 0.5) is 0 Å². The second-order valence-corrected chi connectivity index (χ2v) is 3.92. The summed E-state index contributed by atoms with van der Waals surface area (Å²) in [5.41, 5.74) is 1.96. The molecule has 0 aliphatic rings. The highest BCUT2D eigenvalue weighted by Gasteiger charge is 2.05. The van der Waals surface area contributed by atoms with Crippen LogP contribution in [0.1, 0.15) is 11.1 Å². The Balaban J connectivity index is 2.81. The maximum atomic E-state index is 9.68. The molecule has 0 bridgehead atoms. The van der Waals surface area contributed by atoms with Crippen molar-refractivity contribution in [3.8, 4) is 18.1 Å². The Morgan fingerprint density at radius 1 is 1.57 bits per heavy atom. The van der Waals surface area contributed by atoms with Crippen LogP contribution >= 0.6 is 15.9 Å². The van der Waals surface area contributed by atoms with Crippen molar-refractivity contribution in [3.05, 3.63) is 27.7 Å². The van der Waals surface area contributed by atoms with E-state index in [1.165, 1.54) is 0 Å². The molecule has 0 spiro atoms. The Morgan fingerprint density at radius 2 is 2.29 bits per heavy atom. The largest absolute Gasteiger partial charge is 0.506 e. The van der Waals surface area contributed by atoms with Gasteiger partial charge in [-0.25, -0.2) is 0 Å². The first kappa shape index (κ1) is 11.1. The number of aromatic hydroxyl groups is 1. The van der Waals surface area contributed by atoms with E-state index >= 15 is 0 Å². The van der Waals surface area contributed by atoms with Gasteiger partial charge < -0.3 is 10.4 Å². The van der Waals surface area contributed by atoms with Gasteiger partial charge in [-0.3, -0.25) is 0 Å². The summed E-state index contributed by atoms with van der Waals surface area (Å²) in [5.74, 6) is 2.76. The minimum atomic E-state index is 0.278. The van der Waals surface area contributed by atoms with E-state index in [1.807, 2.05) is 19.1 Å². The van der Waals surface area contributed by atoms with Crippen LogP contribution in [-0.4, -0.2) is 11.7 Å². The number of benzene rings is 1. The molecule has 0 atom stereocenters. The Kier molecular flexibility index (Phi) is 3.99. The summed E-state index contributed by atoms with van der Waals surface area (Å²) in [7, 11) is 0. The lowest BCUT2D eigenvalue weighted by molar-refractivity contribution is 0.462. The van der Waals surface area contributed by atoms with E-state index in [0.29, 0.717) is 13.1 Å². The number of hydrogen-bond acceptors (Lipinski definition) is 2. The number of aryl methyl sites for hydroxylation is 1. The molecule has 0 amide bonds. The summed E-state index contributed by atoms with van der Waals surface area (Å²) in [6, 6.07) is 3.81. The summed E-state index contributed by atoms with van der Waals surface area (Å²) in [4.78, 5) is 0. The van der Waals surface area contributed by atoms with Crippen LogP contribution in [0.3, 0.4) is 0 Å². The number of nitrogens with one attached hydrogen (secondary N) is 1. The standard InChI is InChI=1S/C11H12BrNO/c1-3-4-13-7-9-5-8(2)6-10(12)11(9)14/h1,5-6,13-14H,4,7H2,2H3. The maximum Gasteiger partial charge on any atom is 0.134 e. The number of rotatable bonds is 3. The summed E-state index contributed by atoms with van der Waals surface area (Å²) >= 11 is 3.29. The zero-order chi connectivity index (χ0) is 10.6. The van der Waals surface area contributed by atoms with Gasteiger partial charge >= 0.3 is 0 Å². The van der Waals surface area contributed by atoms with Gasteiger partial charge in [-0.15, -0.1) is 6.42 Å². The topological polar surface area (TPSA) is 32.3 Å². The molecule has 0 aliphatic heterocycles. The third-order valence-electron chi connectivity index (χ3n) is 1.83. The SMILES string of the molecule is C#CCNCc1cc(C)cc(Br)c1O. The van der Waals surface area contributed by atoms with Crippen molar-refractivity contribution in [2.45, 2.75) is 13.5 Å². The fraction of sp³-hybridized carbons (Fsp3) is 0.273. The van der Waals surface area contributed by atoms with Crippen LogP contribution in [0, 0.1) is 19.3 Å². The molecule has 0 saturated carbocycles.